The van der Waals surface area contributed by atoms with Gasteiger partial charge in [0.05, 0.1) is 17.3 Å². The average Bonchev–Trinajstić information content (AvgIpc) is 2.95. The minimum atomic E-state index is -0.142. The van der Waals surface area contributed by atoms with Gasteiger partial charge in [0.1, 0.15) is 12.1 Å². The topological polar surface area (TPSA) is 103 Å². The first-order valence-electron chi connectivity index (χ1n) is 9.08. The Morgan fingerprint density at radius 3 is 2.81 bits per heavy atom. The Kier molecular flexibility index (Phi) is 4.11. The Morgan fingerprint density at radius 2 is 2.15 bits per heavy atom. The molecule has 1 aromatic heterocycles. The molecule has 2 aliphatic rings. The molecule has 3 heterocycles. The van der Waals surface area contributed by atoms with Crippen molar-refractivity contribution in [2.24, 2.45) is 0 Å². The molecule has 2 aromatic rings. The van der Waals surface area contributed by atoms with Crippen molar-refractivity contribution in [1.82, 2.24) is 14.9 Å². The summed E-state index contributed by atoms with van der Waals surface area (Å²) in [5.74, 6) is 0.625. The van der Waals surface area contributed by atoms with E-state index >= 15 is 0 Å². The minimum absolute atomic E-state index is 0.0666. The van der Waals surface area contributed by atoms with Crippen LogP contribution in [0, 0.1) is 5.41 Å². The van der Waals surface area contributed by atoms with E-state index < -0.39 is 0 Å². The first-order valence-corrected chi connectivity index (χ1v) is 9.08. The van der Waals surface area contributed by atoms with Gasteiger partial charge >= 0.3 is 5.69 Å². The molecule has 2 unspecified atom stereocenters. The Bertz CT molecular complexity index is 959. The third-order valence-electron chi connectivity index (χ3n) is 5.38. The number of imidazole rings is 1. The molecule has 7 heteroatoms. The van der Waals surface area contributed by atoms with E-state index in [-0.39, 0.29) is 29.2 Å². The maximum absolute atomic E-state index is 12.7. The van der Waals surface area contributed by atoms with Gasteiger partial charge in [0.2, 0.25) is 0 Å². The van der Waals surface area contributed by atoms with E-state index in [1.54, 1.807) is 24.5 Å². The Morgan fingerprint density at radius 1 is 1.35 bits per heavy atom. The summed E-state index contributed by atoms with van der Waals surface area (Å²) in [6.45, 7) is 4.54. The molecule has 4 N–H and O–H groups in total. The van der Waals surface area contributed by atoms with Crippen molar-refractivity contribution in [3.8, 4) is 5.75 Å². The van der Waals surface area contributed by atoms with Crippen LogP contribution in [0.15, 0.2) is 22.7 Å². The number of aliphatic hydroxyl groups is 1. The third-order valence-corrected chi connectivity index (χ3v) is 5.38. The van der Waals surface area contributed by atoms with Gasteiger partial charge in [0, 0.05) is 22.9 Å². The summed E-state index contributed by atoms with van der Waals surface area (Å²) in [5, 5.41) is 21.6. The second-order valence-corrected chi connectivity index (χ2v) is 7.16. The number of H-pyrrole nitrogens is 1. The van der Waals surface area contributed by atoms with Gasteiger partial charge in [0.25, 0.3) is 0 Å². The number of rotatable bonds is 3. The van der Waals surface area contributed by atoms with E-state index in [9.17, 15) is 9.90 Å². The van der Waals surface area contributed by atoms with Crippen molar-refractivity contribution in [3.63, 3.8) is 0 Å². The standard InChI is InChI=1S/C19H24N4O3/c1-10(20)16(11(2)24)12-6-7-14-17-18(12)26-9-15(23(17)19(25)22-14)13-5-3-4-8-21-13/h6-7,13,15,20-21,24H,3-5,8-9H2,1-2H3,(H,22,25)/b16-11+,20-10?. The summed E-state index contributed by atoms with van der Waals surface area (Å²) >= 11 is 0. The lowest BCUT2D eigenvalue weighted by molar-refractivity contribution is 0.180. The summed E-state index contributed by atoms with van der Waals surface area (Å²) in [6, 6.07) is 3.75. The monoisotopic (exact) mass is 356 g/mol. The molecule has 1 fully saturated rings. The Balaban J connectivity index is 1.92. The molecule has 0 aliphatic carbocycles. The number of piperidine rings is 1. The zero-order valence-corrected chi connectivity index (χ0v) is 15.1. The molecule has 0 spiro atoms. The second kappa shape index (κ2) is 6.32. The van der Waals surface area contributed by atoms with Crippen LogP contribution in [-0.4, -0.2) is 39.6 Å². The Hall–Kier alpha value is -2.54. The lowest BCUT2D eigenvalue weighted by Gasteiger charge is -2.35. The summed E-state index contributed by atoms with van der Waals surface area (Å²) in [5.41, 5.74) is 2.63. The molecule has 4 rings (SSSR count). The largest absolute Gasteiger partial charge is 0.512 e. The van der Waals surface area contributed by atoms with E-state index in [2.05, 4.69) is 10.3 Å². The highest BCUT2D eigenvalue weighted by atomic mass is 16.5. The summed E-state index contributed by atoms with van der Waals surface area (Å²) < 4.78 is 7.92. The minimum Gasteiger partial charge on any atom is -0.512 e. The molecule has 0 amide bonds. The number of aliphatic hydroxyl groups excluding tert-OH is 1. The van der Waals surface area contributed by atoms with Crippen LogP contribution in [0.5, 0.6) is 5.75 Å². The summed E-state index contributed by atoms with van der Waals surface area (Å²) in [6.07, 6.45) is 3.32. The maximum Gasteiger partial charge on any atom is 0.327 e. The molecule has 2 atom stereocenters. The highest BCUT2D eigenvalue weighted by Gasteiger charge is 2.34. The fourth-order valence-electron chi connectivity index (χ4n) is 4.26. The third kappa shape index (κ3) is 2.54. The van der Waals surface area contributed by atoms with E-state index in [1.165, 1.54) is 0 Å². The van der Waals surface area contributed by atoms with Crippen LogP contribution in [0.25, 0.3) is 16.6 Å². The zero-order chi connectivity index (χ0) is 18.4. The van der Waals surface area contributed by atoms with Crippen LogP contribution in [0.4, 0.5) is 0 Å². The number of allylic oxidation sites excluding steroid dienone is 2. The predicted molar refractivity (Wildman–Crippen MR) is 101 cm³/mol. The van der Waals surface area contributed by atoms with Crippen molar-refractivity contribution in [2.45, 2.75) is 45.2 Å². The number of hydrogen-bond acceptors (Lipinski definition) is 5. The number of hydrogen-bond donors (Lipinski definition) is 4. The number of benzene rings is 1. The fraction of sp³-hybridized carbons (Fsp3) is 0.474. The molecule has 1 aromatic carbocycles. The lowest BCUT2D eigenvalue weighted by atomic mass is 9.95. The van der Waals surface area contributed by atoms with Crippen molar-refractivity contribution in [3.05, 3.63) is 33.9 Å². The first kappa shape index (κ1) is 16.9. The van der Waals surface area contributed by atoms with Crippen LogP contribution in [-0.2, 0) is 0 Å². The molecular formula is C19H24N4O3. The first-order chi connectivity index (χ1) is 12.5. The molecule has 2 aliphatic heterocycles. The van der Waals surface area contributed by atoms with Gasteiger partial charge < -0.3 is 25.6 Å². The smallest absolute Gasteiger partial charge is 0.327 e. The number of nitrogens with one attached hydrogen (secondary N) is 3. The summed E-state index contributed by atoms with van der Waals surface area (Å²) in [7, 11) is 0. The van der Waals surface area contributed by atoms with E-state index in [4.69, 9.17) is 10.1 Å². The molecule has 138 valence electrons. The summed E-state index contributed by atoms with van der Waals surface area (Å²) in [4.78, 5) is 15.6. The Labute approximate surface area is 151 Å². The van der Waals surface area contributed by atoms with Gasteiger partial charge in [-0.05, 0) is 45.4 Å². The second-order valence-electron chi connectivity index (χ2n) is 7.16. The molecule has 7 nitrogen and oxygen atoms in total. The van der Waals surface area contributed by atoms with Crippen LogP contribution >= 0.6 is 0 Å². The number of aromatic nitrogens is 2. The van der Waals surface area contributed by atoms with Gasteiger partial charge in [0.15, 0.2) is 5.75 Å². The van der Waals surface area contributed by atoms with Crippen LogP contribution < -0.4 is 15.7 Å². The molecule has 1 saturated heterocycles. The highest BCUT2D eigenvalue weighted by molar-refractivity contribution is 6.23. The predicted octanol–water partition coefficient (Wildman–Crippen LogP) is 2.73. The molecule has 0 saturated carbocycles. The van der Waals surface area contributed by atoms with Crippen LogP contribution in [0.2, 0.25) is 0 Å². The van der Waals surface area contributed by atoms with Crippen molar-refractivity contribution in [1.29, 1.82) is 5.41 Å². The number of ether oxygens (including phenoxy) is 1. The zero-order valence-electron chi connectivity index (χ0n) is 15.1. The maximum atomic E-state index is 12.7. The fourth-order valence-corrected chi connectivity index (χ4v) is 4.26. The normalized spacial score (nSPS) is 23.5. The molecule has 0 radical (unpaired) electrons. The quantitative estimate of drug-likeness (QED) is 0.501. The lowest BCUT2D eigenvalue weighted by Crippen LogP contribution is -2.46. The number of nitrogens with zero attached hydrogens (tertiary/aromatic N) is 1. The van der Waals surface area contributed by atoms with Gasteiger partial charge in [-0.1, -0.05) is 6.42 Å². The molecule has 0 bridgehead atoms. The van der Waals surface area contributed by atoms with E-state index in [0.717, 1.165) is 31.3 Å². The van der Waals surface area contributed by atoms with Crippen LogP contribution in [0.3, 0.4) is 0 Å². The van der Waals surface area contributed by atoms with Gasteiger partial charge in [-0.3, -0.25) is 4.57 Å². The van der Waals surface area contributed by atoms with Gasteiger partial charge in [-0.15, -0.1) is 0 Å². The highest BCUT2D eigenvalue weighted by Crippen LogP contribution is 2.39. The van der Waals surface area contributed by atoms with Gasteiger partial charge in [-0.25, -0.2) is 4.79 Å². The van der Waals surface area contributed by atoms with E-state index in [1.807, 2.05) is 6.07 Å². The van der Waals surface area contributed by atoms with Crippen molar-refractivity contribution in [2.75, 3.05) is 13.2 Å². The SMILES string of the molecule is CC(=N)/C(=C(/C)O)c1ccc2[nH]c(=O)n3c2c1OCC3C1CCCCN1. The average molecular weight is 356 g/mol. The van der Waals surface area contributed by atoms with Crippen LogP contribution in [0.1, 0.15) is 44.7 Å². The van der Waals surface area contributed by atoms with Crippen molar-refractivity contribution < 1.29 is 9.84 Å². The van der Waals surface area contributed by atoms with Gasteiger partial charge in [-0.2, -0.15) is 0 Å². The molecular weight excluding hydrogens is 332 g/mol. The van der Waals surface area contributed by atoms with E-state index in [0.29, 0.717) is 29.0 Å². The van der Waals surface area contributed by atoms with Crippen molar-refractivity contribution >= 4 is 22.3 Å². The molecule has 26 heavy (non-hydrogen) atoms. The number of aromatic amines is 1.